The Bertz CT molecular complexity index is 1330. The summed E-state index contributed by atoms with van der Waals surface area (Å²) in [5.41, 5.74) is 4.13. The number of likely N-dealkylation sites (N-methyl/N-ethyl adjacent to an activating group) is 1. The maximum atomic E-state index is 12.0. The molecule has 10 heteroatoms. The molecule has 0 aliphatic carbocycles. The lowest BCUT2D eigenvalue weighted by atomic mass is 9.99. The van der Waals surface area contributed by atoms with Crippen LogP contribution in [0.2, 0.25) is 0 Å². The summed E-state index contributed by atoms with van der Waals surface area (Å²) in [6.07, 6.45) is -0.886. The first kappa shape index (κ1) is 32.1. The van der Waals surface area contributed by atoms with Crippen LogP contribution in [0, 0.1) is 0 Å². The number of hydrogen-bond donors (Lipinski definition) is 5. The Hall–Kier alpha value is -3.80. The normalized spacial score (nSPS) is 19.2. The largest absolute Gasteiger partial charge is 0.508 e. The molecule has 4 atom stereocenters. The molecule has 1 aliphatic heterocycles. The average molecular weight is 593 g/mol. The molecular formula is C33H40N2O8. The van der Waals surface area contributed by atoms with Crippen molar-refractivity contribution in [1.82, 2.24) is 10.2 Å². The van der Waals surface area contributed by atoms with Crippen molar-refractivity contribution in [3.8, 4) is 5.75 Å². The summed E-state index contributed by atoms with van der Waals surface area (Å²) in [6, 6.07) is 21.9. The van der Waals surface area contributed by atoms with Crippen LogP contribution in [0.25, 0.3) is 0 Å². The van der Waals surface area contributed by atoms with Gasteiger partial charge in [-0.2, -0.15) is 0 Å². The number of aliphatic hydroxyl groups is 2. The van der Waals surface area contributed by atoms with Crippen molar-refractivity contribution in [3.63, 3.8) is 0 Å². The molecule has 0 bridgehead atoms. The summed E-state index contributed by atoms with van der Waals surface area (Å²) in [5.74, 6) is -1.01. The number of carbonyl (C=O) groups excluding carboxylic acids is 1. The predicted octanol–water partition coefficient (Wildman–Crippen LogP) is 3.97. The number of rotatable bonds is 14. The SMILES string of the molecule is CN(C[C@H]1C[C@@H](c2ccc(CO)cc2)O[C@@H](c2ccc(CNC(=O)CCCC(=O)O)cc2)O1)C[C@@H](O)c1cccc(O)c1. The van der Waals surface area contributed by atoms with Crippen LogP contribution in [0.15, 0.2) is 72.8 Å². The molecule has 10 nitrogen and oxygen atoms in total. The van der Waals surface area contributed by atoms with E-state index in [1.165, 1.54) is 0 Å². The van der Waals surface area contributed by atoms with Crippen molar-refractivity contribution in [3.05, 3.63) is 101 Å². The summed E-state index contributed by atoms with van der Waals surface area (Å²) in [4.78, 5) is 24.7. The van der Waals surface area contributed by atoms with Crippen LogP contribution >= 0.6 is 0 Å². The molecule has 1 fully saturated rings. The fourth-order valence-electron chi connectivity index (χ4n) is 5.07. The molecule has 1 saturated heterocycles. The first-order valence-electron chi connectivity index (χ1n) is 14.4. The molecule has 5 N–H and O–H groups in total. The van der Waals surface area contributed by atoms with E-state index in [9.17, 15) is 24.9 Å². The highest BCUT2D eigenvalue weighted by Gasteiger charge is 2.33. The van der Waals surface area contributed by atoms with Gasteiger partial charge >= 0.3 is 5.97 Å². The molecule has 0 radical (unpaired) electrons. The minimum Gasteiger partial charge on any atom is -0.508 e. The van der Waals surface area contributed by atoms with Crippen molar-refractivity contribution < 1.29 is 39.5 Å². The van der Waals surface area contributed by atoms with Gasteiger partial charge in [-0.15, -0.1) is 0 Å². The Morgan fingerprint density at radius 1 is 0.977 bits per heavy atom. The third-order valence-electron chi connectivity index (χ3n) is 7.41. The number of phenols is 1. The summed E-state index contributed by atoms with van der Waals surface area (Å²) < 4.78 is 12.8. The van der Waals surface area contributed by atoms with Crippen LogP contribution in [0.4, 0.5) is 0 Å². The molecule has 0 aromatic heterocycles. The molecule has 1 amide bonds. The Morgan fingerprint density at radius 2 is 1.67 bits per heavy atom. The van der Waals surface area contributed by atoms with Gasteiger partial charge in [0.2, 0.25) is 5.91 Å². The Balaban J connectivity index is 1.41. The van der Waals surface area contributed by atoms with Crippen LogP contribution in [0.5, 0.6) is 5.75 Å². The van der Waals surface area contributed by atoms with Crippen molar-refractivity contribution in [2.45, 2.75) is 63.4 Å². The van der Waals surface area contributed by atoms with Crippen molar-refractivity contribution in [2.24, 2.45) is 0 Å². The number of amides is 1. The number of phenolic OH excluding ortho intramolecular Hbond substituents is 1. The summed E-state index contributed by atoms with van der Waals surface area (Å²) in [5, 5.41) is 41.5. The number of nitrogens with one attached hydrogen (secondary N) is 1. The van der Waals surface area contributed by atoms with Crippen molar-refractivity contribution in [2.75, 3.05) is 20.1 Å². The minimum absolute atomic E-state index is 0.0367. The van der Waals surface area contributed by atoms with Crippen molar-refractivity contribution in [1.29, 1.82) is 0 Å². The van der Waals surface area contributed by atoms with Crippen LogP contribution in [0.1, 0.15) is 72.0 Å². The van der Waals surface area contributed by atoms with Crippen LogP contribution in [-0.2, 0) is 32.2 Å². The number of ether oxygens (including phenoxy) is 2. The summed E-state index contributed by atoms with van der Waals surface area (Å²) in [7, 11) is 1.91. The Kier molecular flexibility index (Phi) is 11.7. The fraction of sp³-hybridized carbons (Fsp3) is 0.394. The average Bonchev–Trinajstić information content (AvgIpc) is 3.00. The van der Waals surface area contributed by atoms with Crippen LogP contribution in [-0.4, -0.2) is 63.4 Å². The zero-order valence-electron chi connectivity index (χ0n) is 24.3. The third-order valence-corrected chi connectivity index (χ3v) is 7.41. The van der Waals surface area contributed by atoms with E-state index in [1.807, 2.05) is 60.5 Å². The maximum absolute atomic E-state index is 12.0. The predicted molar refractivity (Wildman–Crippen MR) is 159 cm³/mol. The minimum atomic E-state index is -0.917. The smallest absolute Gasteiger partial charge is 0.303 e. The molecule has 3 aromatic rings. The van der Waals surface area contributed by atoms with E-state index in [-0.39, 0.29) is 43.3 Å². The third kappa shape index (κ3) is 9.87. The lowest BCUT2D eigenvalue weighted by Gasteiger charge is -2.38. The maximum Gasteiger partial charge on any atom is 0.303 e. The van der Waals surface area contributed by atoms with Gasteiger partial charge in [0.15, 0.2) is 6.29 Å². The topological polar surface area (TPSA) is 149 Å². The number of carbonyl (C=O) groups is 2. The number of benzene rings is 3. The number of nitrogens with zero attached hydrogens (tertiary/aromatic N) is 1. The lowest BCUT2D eigenvalue weighted by molar-refractivity contribution is -0.252. The molecule has 43 heavy (non-hydrogen) atoms. The van der Waals surface area contributed by atoms with E-state index < -0.39 is 18.4 Å². The highest BCUT2D eigenvalue weighted by atomic mass is 16.7. The fourth-order valence-corrected chi connectivity index (χ4v) is 5.07. The molecule has 4 rings (SSSR count). The number of hydrogen-bond acceptors (Lipinski definition) is 8. The molecule has 1 aliphatic rings. The van der Waals surface area contributed by atoms with E-state index in [2.05, 4.69) is 5.32 Å². The number of carboxylic acids is 1. The first-order valence-corrected chi connectivity index (χ1v) is 14.4. The zero-order valence-corrected chi connectivity index (χ0v) is 24.3. The Labute approximate surface area is 251 Å². The Morgan fingerprint density at radius 3 is 2.35 bits per heavy atom. The lowest BCUT2D eigenvalue weighted by Crippen LogP contribution is -2.39. The first-order chi connectivity index (χ1) is 20.7. The molecule has 0 unspecified atom stereocenters. The van der Waals surface area contributed by atoms with Gasteiger partial charge in [-0.25, -0.2) is 0 Å². The van der Waals surface area contributed by atoms with Gasteiger partial charge in [-0.1, -0.05) is 60.7 Å². The van der Waals surface area contributed by atoms with E-state index in [0.29, 0.717) is 38.0 Å². The van der Waals surface area contributed by atoms with E-state index in [4.69, 9.17) is 14.6 Å². The highest BCUT2D eigenvalue weighted by Crippen LogP contribution is 2.38. The molecule has 0 spiro atoms. The summed E-state index contributed by atoms with van der Waals surface area (Å²) in [6.45, 7) is 1.17. The van der Waals surface area contributed by atoms with Gasteiger partial charge in [0.1, 0.15) is 5.75 Å². The van der Waals surface area contributed by atoms with Gasteiger partial charge in [-0.3, -0.25) is 9.59 Å². The van der Waals surface area contributed by atoms with Crippen LogP contribution in [0.3, 0.4) is 0 Å². The van der Waals surface area contributed by atoms with Gasteiger partial charge in [0, 0.05) is 44.5 Å². The van der Waals surface area contributed by atoms with Gasteiger partial charge in [0.25, 0.3) is 0 Å². The van der Waals surface area contributed by atoms with Gasteiger partial charge < -0.3 is 40.1 Å². The highest BCUT2D eigenvalue weighted by molar-refractivity contribution is 5.76. The number of aliphatic carboxylic acids is 1. The quantitative estimate of drug-likeness (QED) is 0.188. The molecule has 230 valence electrons. The monoisotopic (exact) mass is 592 g/mol. The number of aromatic hydroxyl groups is 1. The van der Waals surface area contributed by atoms with Gasteiger partial charge in [0.05, 0.1) is 24.9 Å². The van der Waals surface area contributed by atoms with Gasteiger partial charge in [-0.05, 0) is 47.9 Å². The number of aliphatic hydroxyl groups excluding tert-OH is 2. The van der Waals surface area contributed by atoms with E-state index in [0.717, 1.165) is 22.3 Å². The van der Waals surface area contributed by atoms with Crippen LogP contribution < -0.4 is 5.32 Å². The molecular weight excluding hydrogens is 552 g/mol. The molecule has 0 saturated carbocycles. The van der Waals surface area contributed by atoms with Crippen molar-refractivity contribution >= 4 is 11.9 Å². The second kappa shape index (κ2) is 15.6. The molecule has 1 heterocycles. The van der Waals surface area contributed by atoms with E-state index in [1.54, 1.807) is 24.3 Å². The molecule has 3 aromatic carbocycles. The summed E-state index contributed by atoms with van der Waals surface area (Å²) >= 11 is 0. The van der Waals surface area contributed by atoms with E-state index >= 15 is 0 Å². The zero-order chi connectivity index (χ0) is 30.8. The second-order valence-electron chi connectivity index (χ2n) is 10.9. The number of carboxylic acid groups (broad SMARTS) is 1. The second-order valence-corrected chi connectivity index (χ2v) is 10.9. The standard InChI is InChI=1S/C33H40N2O8/c1-35(20-29(38)26-4-2-5-27(37)16-26)19-28-17-30(24-12-10-23(21-36)11-13-24)43-33(42-28)25-14-8-22(9-15-25)18-34-31(39)6-3-7-32(40)41/h2,4-5,8-16,28-30,33,36-38H,3,6-7,17-21H2,1H3,(H,34,39)(H,40,41)/t28-,29-,30+,33+/m1/s1.